The summed E-state index contributed by atoms with van der Waals surface area (Å²) in [5.41, 5.74) is 0. The average molecular weight is 248 g/mol. The van der Waals surface area contributed by atoms with Crippen LogP contribution >= 0.6 is 0 Å². The number of carbonyl (C=O) groups is 1. The van der Waals surface area contributed by atoms with E-state index in [4.69, 9.17) is 0 Å². The Kier molecular flexibility index (Phi) is 5.21. The van der Waals surface area contributed by atoms with Crippen molar-refractivity contribution in [3.8, 4) is 0 Å². The number of sulfone groups is 1. The van der Waals surface area contributed by atoms with Crippen molar-refractivity contribution in [2.24, 2.45) is 0 Å². The molecule has 0 saturated heterocycles. The topological polar surface area (TPSA) is 75.3 Å². The van der Waals surface area contributed by atoms with Crippen molar-refractivity contribution >= 4 is 15.7 Å². The second kappa shape index (κ2) is 6.20. The minimum atomic E-state index is -2.88. The summed E-state index contributed by atoms with van der Waals surface area (Å²) in [6, 6.07) is 0.422. The molecule has 1 rings (SSSR count). The molecule has 0 heterocycles. The van der Waals surface area contributed by atoms with E-state index in [1.165, 1.54) is 6.26 Å². The first kappa shape index (κ1) is 13.4. The van der Waals surface area contributed by atoms with Gasteiger partial charge in [-0.2, -0.15) is 0 Å². The van der Waals surface area contributed by atoms with Crippen molar-refractivity contribution in [3.63, 3.8) is 0 Å². The van der Waals surface area contributed by atoms with Gasteiger partial charge < -0.3 is 10.6 Å². The van der Waals surface area contributed by atoms with Gasteiger partial charge in [-0.25, -0.2) is 8.42 Å². The molecule has 0 aliphatic heterocycles. The van der Waals surface area contributed by atoms with Gasteiger partial charge in [-0.15, -0.1) is 0 Å². The van der Waals surface area contributed by atoms with Crippen LogP contribution in [0.15, 0.2) is 0 Å². The van der Waals surface area contributed by atoms with E-state index < -0.39 is 9.84 Å². The third-order valence-electron chi connectivity index (χ3n) is 2.35. The molecule has 94 valence electrons. The highest BCUT2D eigenvalue weighted by molar-refractivity contribution is 7.90. The highest BCUT2D eigenvalue weighted by Crippen LogP contribution is 2.18. The first-order valence-corrected chi connectivity index (χ1v) is 7.71. The number of carbonyl (C=O) groups excluding carboxylic acids is 1. The first-order valence-electron chi connectivity index (χ1n) is 5.65. The van der Waals surface area contributed by atoms with E-state index in [2.05, 4.69) is 10.6 Å². The fourth-order valence-corrected chi connectivity index (χ4v) is 1.80. The molecule has 1 fully saturated rings. The molecule has 0 aromatic rings. The Morgan fingerprint density at radius 2 is 2.00 bits per heavy atom. The summed E-state index contributed by atoms with van der Waals surface area (Å²) in [5.74, 6) is 0.258. The molecule has 6 heteroatoms. The van der Waals surface area contributed by atoms with Crippen LogP contribution < -0.4 is 10.6 Å². The summed E-state index contributed by atoms with van der Waals surface area (Å²) in [4.78, 5) is 11.3. The van der Waals surface area contributed by atoms with Crippen LogP contribution in [0.25, 0.3) is 0 Å². The third kappa shape index (κ3) is 7.64. The van der Waals surface area contributed by atoms with Gasteiger partial charge in [0.05, 0.1) is 5.75 Å². The fourth-order valence-electron chi connectivity index (χ4n) is 1.28. The van der Waals surface area contributed by atoms with Crippen LogP contribution in [0.5, 0.6) is 0 Å². The minimum absolute atomic E-state index is 0.104. The van der Waals surface area contributed by atoms with Gasteiger partial charge in [0.2, 0.25) is 5.91 Å². The zero-order valence-electron chi connectivity index (χ0n) is 9.66. The molecule has 0 aromatic carbocycles. The molecule has 0 unspecified atom stereocenters. The Balaban J connectivity index is 1.89. The lowest BCUT2D eigenvalue weighted by Crippen LogP contribution is -2.27. The number of hydrogen-bond donors (Lipinski definition) is 2. The Morgan fingerprint density at radius 3 is 2.56 bits per heavy atom. The number of amides is 1. The molecular weight excluding hydrogens is 228 g/mol. The van der Waals surface area contributed by atoms with Crippen LogP contribution in [-0.2, 0) is 14.6 Å². The molecule has 0 atom stereocenters. The lowest BCUT2D eigenvalue weighted by Gasteiger charge is -2.04. The van der Waals surface area contributed by atoms with E-state index in [9.17, 15) is 13.2 Å². The molecule has 0 spiro atoms. The molecule has 16 heavy (non-hydrogen) atoms. The Morgan fingerprint density at radius 1 is 1.31 bits per heavy atom. The Bertz CT molecular complexity index is 323. The first-order chi connectivity index (χ1) is 7.47. The highest BCUT2D eigenvalue weighted by atomic mass is 32.2. The molecular formula is C10H20N2O3S. The molecule has 2 N–H and O–H groups in total. The van der Waals surface area contributed by atoms with E-state index in [-0.39, 0.29) is 11.7 Å². The van der Waals surface area contributed by atoms with E-state index in [1.54, 1.807) is 0 Å². The predicted octanol–water partition coefficient (Wildman–Crippen LogP) is -0.321. The van der Waals surface area contributed by atoms with Crippen LogP contribution in [0.2, 0.25) is 0 Å². The number of hydrogen-bond acceptors (Lipinski definition) is 4. The highest BCUT2D eigenvalue weighted by Gasteiger charge is 2.22. The van der Waals surface area contributed by atoms with Gasteiger partial charge in [-0.05, 0) is 25.8 Å². The third-order valence-corrected chi connectivity index (χ3v) is 3.30. The quantitative estimate of drug-likeness (QED) is 0.577. The van der Waals surface area contributed by atoms with Crippen LogP contribution in [0.3, 0.4) is 0 Å². The van der Waals surface area contributed by atoms with Crippen molar-refractivity contribution in [1.29, 1.82) is 0 Å². The summed E-state index contributed by atoms with van der Waals surface area (Å²) in [7, 11) is -2.88. The molecule has 0 bridgehead atoms. The standard InChI is InChI=1S/C10H20N2O3S/c1-16(14,15)8-7-11-6-2-3-10(13)12-9-4-5-9/h9,11H,2-8H2,1H3,(H,12,13). The van der Waals surface area contributed by atoms with Crippen molar-refractivity contribution in [2.45, 2.75) is 31.7 Å². The van der Waals surface area contributed by atoms with Crippen molar-refractivity contribution in [2.75, 3.05) is 25.1 Å². The van der Waals surface area contributed by atoms with E-state index in [0.29, 0.717) is 25.6 Å². The lowest BCUT2D eigenvalue weighted by molar-refractivity contribution is -0.121. The number of rotatable bonds is 8. The predicted molar refractivity (Wildman–Crippen MR) is 63.0 cm³/mol. The average Bonchev–Trinajstić information content (AvgIpc) is 2.93. The van der Waals surface area contributed by atoms with Gasteiger partial charge in [0.25, 0.3) is 0 Å². The maximum Gasteiger partial charge on any atom is 0.220 e. The second-order valence-electron chi connectivity index (χ2n) is 4.33. The van der Waals surface area contributed by atoms with Gasteiger partial charge in [-0.3, -0.25) is 4.79 Å². The summed E-state index contributed by atoms with van der Waals surface area (Å²) in [5, 5.41) is 5.91. The minimum Gasteiger partial charge on any atom is -0.353 e. The second-order valence-corrected chi connectivity index (χ2v) is 6.58. The molecule has 1 aliphatic rings. The molecule has 1 saturated carbocycles. The SMILES string of the molecule is CS(=O)(=O)CCNCCCC(=O)NC1CC1. The van der Waals surface area contributed by atoms with Crippen LogP contribution in [0.1, 0.15) is 25.7 Å². The monoisotopic (exact) mass is 248 g/mol. The number of nitrogens with one attached hydrogen (secondary N) is 2. The van der Waals surface area contributed by atoms with Crippen molar-refractivity contribution < 1.29 is 13.2 Å². The van der Waals surface area contributed by atoms with Gasteiger partial charge in [0, 0.05) is 25.3 Å². The normalized spacial score (nSPS) is 16.1. The Hall–Kier alpha value is -0.620. The lowest BCUT2D eigenvalue weighted by atomic mass is 10.3. The van der Waals surface area contributed by atoms with E-state index >= 15 is 0 Å². The van der Waals surface area contributed by atoms with Gasteiger partial charge >= 0.3 is 0 Å². The maximum absolute atomic E-state index is 11.3. The summed E-state index contributed by atoms with van der Waals surface area (Å²) in [6.07, 6.45) is 4.71. The zero-order chi connectivity index (χ0) is 12.0. The van der Waals surface area contributed by atoms with Crippen LogP contribution in [-0.4, -0.2) is 45.5 Å². The molecule has 0 radical (unpaired) electrons. The molecule has 1 aliphatic carbocycles. The van der Waals surface area contributed by atoms with Crippen molar-refractivity contribution in [1.82, 2.24) is 10.6 Å². The summed E-state index contributed by atoms with van der Waals surface area (Å²) >= 11 is 0. The van der Waals surface area contributed by atoms with Gasteiger partial charge in [0.1, 0.15) is 9.84 Å². The largest absolute Gasteiger partial charge is 0.353 e. The van der Waals surface area contributed by atoms with Crippen molar-refractivity contribution in [3.05, 3.63) is 0 Å². The molecule has 0 aromatic heterocycles. The molecule has 5 nitrogen and oxygen atoms in total. The van der Waals surface area contributed by atoms with Crippen LogP contribution in [0.4, 0.5) is 0 Å². The van der Waals surface area contributed by atoms with Gasteiger partial charge in [-0.1, -0.05) is 0 Å². The summed E-state index contributed by atoms with van der Waals surface area (Å²) in [6.45, 7) is 1.15. The zero-order valence-corrected chi connectivity index (χ0v) is 10.5. The smallest absolute Gasteiger partial charge is 0.220 e. The summed E-state index contributed by atoms with van der Waals surface area (Å²) < 4.78 is 21.6. The Labute approximate surface area is 96.9 Å². The van der Waals surface area contributed by atoms with Crippen LogP contribution in [0, 0.1) is 0 Å². The maximum atomic E-state index is 11.3. The van der Waals surface area contributed by atoms with Gasteiger partial charge in [0.15, 0.2) is 0 Å². The molecule has 1 amide bonds. The fraction of sp³-hybridized carbons (Fsp3) is 0.900. The van der Waals surface area contributed by atoms with E-state index in [1.807, 2.05) is 0 Å². The van der Waals surface area contributed by atoms with E-state index in [0.717, 1.165) is 19.3 Å².